The number of hydrogen-bond donors (Lipinski definition) is 2. The number of nitrogens with one attached hydrogen (secondary N) is 1. The zero-order valence-corrected chi connectivity index (χ0v) is 18.9. The summed E-state index contributed by atoms with van der Waals surface area (Å²) in [5.74, 6) is -0.329. The van der Waals surface area contributed by atoms with Gasteiger partial charge in [0, 0.05) is 6.54 Å². The highest BCUT2D eigenvalue weighted by molar-refractivity contribution is 6.33. The van der Waals surface area contributed by atoms with Gasteiger partial charge in [-0.3, -0.25) is 14.1 Å². The van der Waals surface area contributed by atoms with Crippen LogP contribution in [-0.4, -0.2) is 50.5 Å². The van der Waals surface area contributed by atoms with Gasteiger partial charge >= 0.3 is 12.1 Å². The molecular weight excluding hydrogens is 465 g/mol. The molecule has 0 saturated heterocycles. The molecule has 1 aromatic carbocycles. The van der Waals surface area contributed by atoms with Crippen LogP contribution in [0.4, 0.5) is 13.2 Å². The van der Waals surface area contributed by atoms with Crippen molar-refractivity contribution in [1.82, 2.24) is 19.7 Å². The summed E-state index contributed by atoms with van der Waals surface area (Å²) in [5.41, 5.74) is -1.34. The number of aromatic nitrogens is 3. The third kappa shape index (κ3) is 6.58. The number of carbonyl (C=O) groups excluding carboxylic acids is 1. The van der Waals surface area contributed by atoms with Gasteiger partial charge in [-0.15, -0.1) is 13.2 Å². The predicted molar refractivity (Wildman–Crippen MR) is 115 cm³/mol. The van der Waals surface area contributed by atoms with Gasteiger partial charge in [-0.1, -0.05) is 37.3 Å². The molecule has 3 rings (SSSR count). The van der Waals surface area contributed by atoms with Gasteiger partial charge in [0.25, 0.3) is 5.91 Å². The lowest BCUT2D eigenvalue weighted by Crippen LogP contribution is -2.42. The Balaban J connectivity index is 1.76. The van der Waals surface area contributed by atoms with Crippen molar-refractivity contribution in [2.75, 3.05) is 13.2 Å². The van der Waals surface area contributed by atoms with Gasteiger partial charge in [0.05, 0.1) is 35.0 Å². The summed E-state index contributed by atoms with van der Waals surface area (Å²) in [4.78, 5) is 25.4. The number of nitrogens with zero attached hydrogens (tertiary/aromatic N) is 3. The van der Waals surface area contributed by atoms with Gasteiger partial charge in [-0.2, -0.15) is 9.78 Å². The normalized spacial score (nSPS) is 16.4. The molecule has 0 spiro atoms. The second kappa shape index (κ2) is 10.3. The van der Waals surface area contributed by atoms with Crippen LogP contribution in [0.2, 0.25) is 5.02 Å². The zero-order chi connectivity index (χ0) is 24.2. The molecule has 0 radical (unpaired) electrons. The SMILES string of the molecule is Cc1nn(-c2ccc(Cl)c(C(=O)NCC3(O)CCCCCC3)c2)c(=O)n1CCOC(F)(F)F. The standard InChI is InChI=1S/C21H26ClF3N4O4/c1-14-27-29(19(31)28(14)10-11-33-21(23,24)25)15-6-7-17(22)16(12-15)18(30)26-13-20(32)8-4-2-3-5-9-20/h6-7,12,32H,2-5,8-11,13H2,1H3,(H,26,30). The molecule has 1 saturated carbocycles. The van der Waals surface area contributed by atoms with E-state index in [9.17, 15) is 27.9 Å². The highest BCUT2D eigenvalue weighted by Gasteiger charge is 2.30. The van der Waals surface area contributed by atoms with Gasteiger partial charge in [0.2, 0.25) is 0 Å². The van der Waals surface area contributed by atoms with Gasteiger partial charge in [0.1, 0.15) is 5.82 Å². The van der Waals surface area contributed by atoms with Crippen molar-refractivity contribution in [1.29, 1.82) is 0 Å². The van der Waals surface area contributed by atoms with E-state index >= 15 is 0 Å². The fourth-order valence-corrected chi connectivity index (χ4v) is 4.10. The van der Waals surface area contributed by atoms with E-state index in [1.807, 2.05) is 0 Å². The molecule has 2 aromatic rings. The van der Waals surface area contributed by atoms with Crippen LogP contribution < -0.4 is 11.0 Å². The molecule has 0 unspecified atom stereocenters. The molecule has 182 valence electrons. The molecule has 0 aliphatic heterocycles. The van der Waals surface area contributed by atoms with E-state index in [4.69, 9.17) is 11.6 Å². The van der Waals surface area contributed by atoms with Crippen molar-refractivity contribution in [2.24, 2.45) is 0 Å². The third-order valence-electron chi connectivity index (χ3n) is 5.68. The molecule has 1 aliphatic carbocycles. The lowest BCUT2D eigenvalue weighted by molar-refractivity contribution is -0.325. The van der Waals surface area contributed by atoms with Crippen LogP contribution in [0.15, 0.2) is 23.0 Å². The van der Waals surface area contributed by atoms with Crippen molar-refractivity contribution in [2.45, 2.75) is 64.0 Å². The van der Waals surface area contributed by atoms with Crippen molar-refractivity contribution >= 4 is 17.5 Å². The highest BCUT2D eigenvalue weighted by Crippen LogP contribution is 2.27. The third-order valence-corrected chi connectivity index (χ3v) is 6.01. The lowest BCUT2D eigenvalue weighted by Gasteiger charge is -2.26. The van der Waals surface area contributed by atoms with Crippen molar-refractivity contribution in [3.63, 3.8) is 0 Å². The van der Waals surface area contributed by atoms with Crippen molar-refractivity contribution in [3.8, 4) is 5.69 Å². The van der Waals surface area contributed by atoms with E-state index in [1.54, 1.807) is 0 Å². The van der Waals surface area contributed by atoms with Crippen LogP contribution in [0, 0.1) is 6.92 Å². The van der Waals surface area contributed by atoms with E-state index < -0.39 is 30.2 Å². The second-order valence-corrected chi connectivity index (χ2v) is 8.58. The number of ether oxygens (including phenoxy) is 1. The largest absolute Gasteiger partial charge is 0.522 e. The summed E-state index contributed by atoms with van der Waals surface area (Å²) in [6.45, 7) is 0.471. The Morgan fingerprint density at radius 1 is 1.27 bits per heavy atom. The van der Waals surface area contributed by atoms with Crippen LogP contribution >= 0.6 is 11.6 Å². The molecule has 2 N–H and O–H groups in total. The van der Waals surface area contributed by atoms with E-state index in [1.165, 1.54) is 25.1 Å². The maximum atomic E-state index is 12.8. The maximum Gasteiger partial charge on any atom is 0.522 e. The van der Waals surface area contributed by atoms with Gasteiger partial charge in [0.15, 0.2) is 0 Å². The Labute approximate surface area is 193 Å². The minimum Gasteiger partial charge on any atom is -0.388 e. The highest BCUT2D eigenvalue weighted by atomic mass is 35.5. The smallest absolute Gasteiger partial charge is 0.388 e. The van der Waals surface area contributed by atoms with E-state index in [0.29, 0.717) is 12.8 Å². The van der Waals surface area contributed by atoms with E-state index in [2.05, 4.69) is 15.2 Å². The Kier molecular flexibility index (Phi) is 7.86. The molecule has 1 heterocycles. The van der Waals surface area contributed by atoms with Crippen LogP contribution in [0.25, 0.3) is 5.69 Å². The summed E-state index contributed by atoms with van der Waals surface area (Å²) in [7, 11) is 0. The second-order valence-electron chi connectivity index (χ2n) is 8.17. The average molecular weight is 491 g/mol. The van der Waals surface area contributed by atoms with E-state index in [-0.39, 0.29) is 35.2 Å². The first-order valence-corrected chi connectivity index (χ1v) is 11.0. The topological polar surface area (TPSA) is 98.4 Å². The molecule has 8 nitrogen and oxygen atoms in total. The number of halogens is 4. The van der Waals surface area contributed by atoms with Crippen LogP contribution in [0.3, 0.4) is 0 Å². The minimum absolute atomic E-state index is 0.0826. The van der Waals surface area contributed by atoms with Crippen molar-refractivity contribution < 1.29 is 27.8 Å². The molecule has 0 bridgehead atoms. The summed E-state index contributed by atoms with van der Waals surface area (Å²) in [5, 5.41) is 17.7. The molecule has 1 amide bonds. The number of rotatable bonds is 7. The molecule has 0 atom stereocenters. The quantitative estimate of drug-likeness (QED) is 0.580. The molecular formula is C21H26ClF3N4O4. The molecule has 1 fully saturated rings. The first-order chi connectivity index (χ1) is 15.5. The minimum atomic E-state index is -4.80. The fourth-order valence-electron chi connectivity index (χ4n) is 3.90. The lowest BCUT2D eigenvalue weighted by atomic mass is 9.94. The molecule has 1 aromatic heterocycles. The average Bonchev–Trinajstić information content (AvgIpc) is 2.90. The number of aryl methyl sites for hydroxylation is 1. The Morgan fingerprint density at radius 2 is 1.94 bits per heavy atom. The Bertz CT molecular complexity index is 1040. The number of hydrogen-bond acceptors (Lipinski definition) is 5. The fraction of sp³-hybridized carbons (Fsp3) is 0.571. The number of alkyl halides is 3. The summed E-state index contributed by atoms with van der Waals surface area (Å²) >= 11 is 6.19. The van der Waals surface area contributed by atoms with Crippen molar-refractivity contribution in [3.05, 3.63) is 45.1 Å². The van der Waals surface area contributed by atoms with E-state index in [0.717, 1.165) is 34.9 Å². The molecule has 33 heavy (non-hydrogen) atoms. The summed E-state index contributed by atoms with van der Waals surface area (Å²) < 4.78 is 42.4. The maximum absolute atomic E-state index is 12.8. The Hall–Kier alpha value is -2.37. The molecule has 12 heteroatoms. The molecule has 1 aliphatic rings. The van der Waals surface area contributed by atoms with Gasteiger partial charge in [-0.05, 0) is 38.0 Å². The summed E-state index contributed by atoms with van der Waals surface area (Å²) in [6, 6.07) is 4.28. The monoisotopic (exact) mass is 490 g/mol. The van der Waals surface area contributed by atoms with Crippen LogP contribution in [0.1, 0.15) is 54.7 Å². The van der Waals surface area contributed by atoms with Gasteiger partial charge in [-0.25, -0.2) is 4.79 Å². The Morgan fingerprint density at radius 3 is 2.58 bits per heavy atom. The number of benzene rings is 1. The number of amides is 1. The summed E-state index contributed by atoms with van der Waals surface area (Å²) in [6.07, 6.45) is 0.288. The first kappa shape index (κ1) is 25.3. The number of aliphatic hydroxyl groups is 1. The van der Waals surface area contributed by atoms with Crippen LogP contribution in [0.5, 0.6) is 0 Å². The predicted octanol–water partition coefficient (Wildman–Crippen LogP) is 3.35. The zero-order valence-electron chi connectivity index (χ0n) is 18.1. The first-order valence-electron chi connectivity index (χ1n) is 10.7. The van der Waals surface area contributed by atoms with Gasteiger partial charge < -0.3 is 10.4 Å². The number of carbonyl (C=O) groups is 1. The van der Waals surface area contributed by atoms with Crippen LogP contribution in [-0.2, 0) is 11.3 Å².